The van der Waals surface area contributed by atoms with Crippen LogP contribution < -0.4 is 19.9 Å². The van der Waals surface area contributed by atoms with Crippen LogP contribution in [0, 0.1) is 0 Å². The van der Waals surface area contributed by atoms with Gasteiger partial charge < -0.3 is 25.1 Å². The zero-order valence-electron chi connectivity index (χ0n) is 15.2. The molecule has 28 heavy (non-hydrogen) atoms. The van der Waals surface area contributed by atoms with E-state index in [1.165, 1.54) is 20.4 Å². The van der Waals surface area contributed by atoms with Crippen molar-refractivity contribution < 1.29 is 24.1 Å². The Morgan fingerprint density at radius 1 is 1.11 bits per heavy atom. The van der Waals surface area contributed by atoms with E-state index in [1.54, 1.807) is 36.4 Å². The van der Waals surface area contributed by atoms with E-state index in [0.717, 1.165) is 0 Å². The number of para-hydroxylation sites is 2. The maximum Gasteiger partial charge on any atom is 0.271 e. The van der Waals surface area contributed by atoms with E-state index >= 15 is 0 Å². The fraction of sp³-hybridized carbons (Fsp3) is 0.158. The Hall–Kier alpha value is -3.72. The van der Waals surface area contributed by atoms with Gasteiger partial charge in [0.15, 0.2) is 23.0 Å². The lowest BCUT2D eigenvalue weighted by Crippen LogP contribution is -2.16. The number of benzene rings is 1. The quantitative estimate of drug-likeness (QED) is 0.634. The van der Waals surface area contributed by atoms with E-state index in [4.69, 9.17) is 19.9 Å². The third-order valence-electron chi connectivity index (χ3n) is 3.78. The molecule has 0 saturated heterocycles. The van der Waals surface area contributed by atoms with Crippen molar-refractivity contribution in [1.82, 2.24) is 15.0 Å². The predicted molar refractivity (Wildman–Crippen MR) is 99.3 cm³/mol. The van der Waals surface area contributed by atoms with Crippen LogP contribution >= 0.6 is 0 Å². The topological polar surface area (TPSA) is 130 Å². The van der Waals surface area contributed by atoms with Crippen molar-refractivity contribution in [3.63, 3.8) is 0 Å². The van der Waals surface area contributed by atoms with Crippen LogP contribution in [0.4, 0.5) is 0 Å². The van der Waals surface area contributed by atoms with Gasteiger partial charge in [-0.25, -0.2) is 4.98 Å². The molecule has 0 bridgehead atoms. The molecule has 0 aliphatic heterocycles. The van der Waals surface area contributed by atoms with Crippen LogP contribution in [0.2, 0.25) is 0 Å². The third kappa shape index (κ3) is 3.84. The molecule has 0 spiro atoms. The Kier molecular flexibility index (Phi) is 5.66. The predicted octanol–water partition coefficient (Wildman–Crippen LogP) is 1.94. The van der Waals surface area contributed by atoms with Gasteiger partial charge in [0.1, 0.15) is 0 Å². The minimum atomic E-state index is -0.816. The normalized spacial score (nSPS) is 10.4. The number of aliphatic hydroxyl groups excluding tert-OH is 1. The number of ether oxygens (including phenoxy) is 3. The van der Waals surface area contributed by atoms with Gasteiger partial charge in [-0.1, -0.05) is 12.1 Å². The highest BCUT2D eigenvalue weighted by Crippen LogP contribution is 2.38. The van der Waals surface area contributed by atoms with E-state index in [9.17, 15) is 9.90 Å². The molecule has 2 aromatic heterocycles. The second-order valence-electron chi connectivity index (χ2n) is 5.55. The Morgan fingerprint density at radius 2 is 1.86 bits per heavy atom. The van der Waals surface area contributed by atoms with Gasteiger partial charge in [-0.05, 0) is 24.3 Å². The summed E-state index contributed by atoms with van der Waals surface area (Å²) in [7, 11) is 2.88. The number of carbonyl (C=O) groups excluding carboxylic acids is 1. The molecule has 3 rings (SSSR count). The molecule has 9 heteroatoms. The maximum atomic E-state index is 12.1. The number of rotatable bonds is 7. The number of primary amides is 1. The number of pyridine rings is 1. The van der Waals surface area contributed by atoms with Crippen molar-refractivity contribution >= 4 is 5.91 Å². The fourth-order valence-corrected chi connectivity index (χ4v) is 2.47. The highest BCUT2D eigenvalue weighted by molar-refractivity contribution is 5.95. The minimum Gasteiger partial charge on any atom is -0.493 e. The van der Waals surface area contributed by atoms with Crippen molar-refractivity contribution in [2.45, 2.75) is 6.61 Å². The van der Waals surface area contributed by atoms with Crippen LogP contribution in [-0.4, -0.2) is 40.2 Å². The average molecular weight is 382 g/mol. The SMILES string of the molecule is COc1ccccc1Oc1c(OC)nc(-c2ccnc(CO)c2)nc1C(N)=O. The lowest BCUT2D eigenvalue weighted by atomic mass is 10.2. The van der Waals surface area contributed by atoms with Crippen LogP contribution in [0.5, 0.6) is 23.1 Å². The molecule has 9 nitrogen and oxygen atoms in total. The fourth-order valence-electron chi connectivity index (χ4n) is 2.47. The molecule has 3 aromatic rings. The Balaban J connectivity index is 2.13. The largest absolute Gasteiger partial charge is 0.493 e. The second kappa shape index (κ2) is 8.31. The highest BCUT2D eigenvalue weighted by Gasteiger charge is 2.23. The first-order valence-corrected chi connectivity index (χ1v) is 8.20. The summed E-state index contributed by atoms with van der Waals surface area (Å²) in [5, 5.41) is 9.28. The molecular formula is C19H18N4O5. The summed E-state index contributed by atoms with van der Waals surface area (Å²) in [5.41, 5.74) is 6.32. The van der Waals surface area contributed by atoms with Gasteiger partial charge in [0.25, 0.3) is 11.8 Å². The molecule has 0 radical (unpaired) electrons. The summed E-state index contributed by atoms with van der Waals surface area (Å²) in [6.45, 7) is -0.247. The van der Waals surface area contributed by atoms with Crippen LogP contribution in [0.3, 0.4) is 0 Å². The number of nitrogens with two attached hydrogens (primary N) is 1. The second-order valence-corrected chi connectivity index (χ2v) is 5.55. The van der Waals surface area contributed by atoms with Gasteiger partial charge in [-0.2, -0.15) is 4.98 Å². The Morgan fingerprint density at radius 3 is 2.50 bits per heavy atom. The first-order chi connectivity index (χ1) is 13.6. The van der Waals surface area contributed by atoms with Crippen LogP contribution in [-0.2, 0) is 6.61 Å². The van der Waals surface area contributed by atoms with Crippen LogP contribution in [0.15, 0.2) is 42.6 Å². The minimum absolute atomic E-state index is 0.0204. The van der Waals surface area contributed by atoms with Gasteiger partial charge in [0.05, 0.1) is 26.5 Å². The van der Waals surface area contributed by atoms with Crippen molar-refractivity contribution in [3.05, 3.63) is 54.0 Å². The highest BCUT2D eigenvalue weighted by atomic mass is 16.5. The number of hydrogen-bond donors (Lipinski definition) is 2. The van der Waals surface area contributed by atoms with Crippen molar-refractivity contribution in [3.8, 4) is 34.5 Å². The lowest BCUT2D eigenvalue weighted by molar-refractivity contribution is 0.0992. The van der Waals surface area contributed by atoms with Crippen molar-refractivity contribution in [1.29, 1.82) is 0 Å². The standard InChI is InChI=1S/C19H18N4O5/c1-26-13-5-3-4-6-14(13)28-16-15(17(20)25)22-18(23-19(16)27-2)11-7-8-21-12(9-11)10-24/h3-9,24H,10H2,1-2H3,(H2,20,25). The number of carbonyl (C=O) groups is 1. The monoisotopic (exact) mass is 382 g/mol. The number of nitrogens with zero attached hydrogens (tertiary/aromatic N) is 3. The van der Waals surface area contributed by atoms with E-state index < -0.39 is 5.91 Å². The van der Waals surface area contributed by atoms with Crippen LogP contribution in [0.1, 0.15) is 16.2 Å². The number of aliphatic hydroxyl groups is 1. The molecule has 144 valence electrons. The van der Waals surface area contributed by atoms with E-state index in [-0.39, 0.29) is 29.8 Å². The van der Waals surface area contributed by atoms with Crippen molar-refractivity contribution in [2.24, 2.45) is 5.73 Å². The molecule has 1 amide bonds. The summed E-state index contributed by atoms with van der Waals surface area (Å²) < 4.78 is 16.4. The number of hydrogen-bond acceptors (Lipinski definition) is 8. The van der Waals surface area contributed by atoms with Gasteiger partial charge >= 0.3 is 0 Å². The summed E-state index contributed by atoms with van der Waals surface area (Å²) in [6.07, 6.45) is 1.50. The maximum absolute atomic E-state index is 12.1. The molecule has 0 aliphatic carbocycles. The van der Waals surface area contributed by atoms with Gasteiger partial charge in [0.2, 0.25) is 5.75 Å². The summed E-state index contributed by atoms with van der Waals surface area (Å²) >= 11 is 0. The Labute approximate surface area is 160 Å². The first kappa shape index (κ1) is 19.1. The summed E-state index contributed by atoms with van der Waals surface area (Å²) in [6, 6.07) is 10.1. The number of methoxy groups -OCH3 is 2. The Bertz CT molecular complexity index is 1010. The molecular weight excluding hydrogens is 364 g/mol. The average Bonchev–Trinajstić information content (AvgIpc) is 2.74. The van der Waals surface area contributed by atoms with Crippen LogP contribution in [0.25, 0.3) is 11.4 Å². The van der Waals surface area contributed by atoms with E-state index in [0.29, 0.717) is 22.8 Å². The van der Waals surface area contributed by atoms with Crippen molar-refractivity contribution in [2.75, 3.05) is 14.2 Å². The third-order valence-corrected chi connectivity index (χ3v) is 3.78. The molecule has 1 aromatic carbocycles. The first-order valence-electron chi connectivity index (χ1n) is 8.20. The number of aromatic nitrogens is 3. The molecule has 0 aliphatic rings. The zero-order chi connectivity index (χ0) is 20.1. The van der Waals surface area contributed by atoms with E-state index in [2.05, 4.69) is 15.0 Å². The zero-order valence-corrected chi connectivity index (χ0v) is 15.2. The lowest BCUT2D eigenvalue weighted by Gasteiger charge is -2.15. The molecule has 0 fully saturated rings. The van der Waals surface area contributed by atoms with Gasteiger partial charge in [-0.15, -0.1) is 0 Å². The van der Waals surface area contributed by atoms with Gasteiger partial charge in [-0.3, -0.25) is 9.78 Å². The molecule has 0 saturated carbocycles. The summed E-state index contributed by atoms with van der Waals surface area (Å²) in [5.74, 6) is 0.143. The molecule has 3 N–H and O–H groups in total. The van der Waals surface area contributed by atoms with Gasteiger partial charge in [0, 0.05) is 11.8 Å². The molecule has 0 unspecified atom stereocenters. The number of amides is 1. The molecule has 2 heterocycles. The summed E-state index contributed by atoms with van der Waals surface area (Å²) in [4.78, 5) is 24.6. The van der Waals surface area contributed by atoms with E-state index in [1.807, 2.05) is 0 Å². The molecule has 0 atom stereocenters. The smallest absolute Gasteiger partial charge is 0.271 e.